The van der Waals surface area contributed by atoms with Crippen LogP contribution in [0.1, 0.15) is 23.2 Å². The minimum atomic E-state index is -0.490. The molecule has 7 heteroatoms. The van der Waals surface area contributed by atoms with Crippen molar-refractivity contribution in [1.82, 2.24) is 4.90 Å². The molecule has 1 saturated heterocycles. The van der Waals surface area contributed by atoms with E-state index in [1.807, 2.05) is 6.07 Å². The van der Waals surface area contributed by atoms with E-state index in [0.717, 1.165) is 25.9 Å². The van der Waals surface area contributed by atoms with Crippen molar-refractivity contribution in [3.63, 3.8) is 0 Å². The molecule has 26 heavy (non-hydrogen) atoms. The van der Waals surface area contributed by atoms with Crippen molar-refractivity contribution in [1.29, 1.82) is 0 Å². The third kappa shape index (κ3) is 4.03. The van der Waals surface area contributed by atoms with Crippen LogP contribution in [-0.4, -0.2) is 35.7 Å². The molecular weight excluding hydrogens is 354 g/mol. The number of likely N-dealkylation sites (tertiary alicyclic amines) is 1. The summed E-state index contributed by atoms with van der Waals surface area (Å²) in [6.07, 6.45) is 1.65. The topological polar surface area (TPSA) is 75.5 Å². The molecule has 0 spiro atoms. The number of ketones is 1. The predicted molar refractivity (Wildman–Crippen MR) is 102 cm³/mol. The number of halogens is 1. The normalized spacial score (nSPS) is 15.6. The molecule has 0 unspecified atom stereocenters. The fourth-order valence-electron chi connectivity index (χ4n) is 3.20. The van der Waals surface area contributed by atoms with E-state index in [0.29, 0.717) is 16.9 Å². The largest absolute Gasteiger partial charge is 0.349 e. The van der Waals surface area contributed by atoms with Crippen molar-refractivity contribution in [2.24, 2.45) is 5.92 Å². The average molecular weight is 374 g/mol. The van der Waals surface area contributed by atoms with E-state index in [1.165, 1.54) is 6.07 Å². The lowest BCUT2D eigenvalue weighted by Gasteiger charge is -2.28. The third-order valence-corrected chi connectivity index (χ3v) is 4.94. The number of nitro benzene ring substituents is 1. The molecule has 1 N–H and O–H groups in total. The number of hydrogen-bond donors (Lipinski definition) is 1. The number of anilines is 2. The molecule has 0 bridgehead atoms. The van der Waals surface area contributed by atoms with E-state index in [9.17, 15) is 14.9 Å². The van der Waals surface area contributed by atoms with E-state index < -0.39 is 4.92 Å². The molecule has 0 aliphatic carbocycles. The summed E-state index contributed by atoms with van der Waals surface area (Å²) in [5.41, 5.74) is 1.32. The lowest BCUT2D eigenvalue weighted by atomic mass is 9.88. The molecule has 0 atom stereocenters. The van der Waals surface area contributed by atoms with Crippen LogP contribution in [0.2, 0.25) is 5.02 Å². The molecule has 1 aliphatic rings. The monoisotopic (exact) mass is 373 g/mol. The van der Waals surface area contributed by atoms with Gasteiger partial charge in [0, 0.05) is 28.3 Å². The fourth-order valence-corrected chi connectivity index (χ4v) is 3.37. The lowest BCUT2D eigenvalue weighted by Crippen LogP contribution is -2.33. The molecule has 2 aromatic rings. The first-order valence-electron chi connectivity index (χ1n) is 8.48. The van der Waals surface area contributed by atoms with Gasteiger partial charge < -0.3 is 10.2 Å². The van der Waals surface area contributed by atoms with Crippen LogP contribution in [0.15, 0.2) is 42.5 Å². The number of benzene rings is 2. The molecule has 0 radical (unpaired) electrons. The van der Waals surface area contributed by atoms with Crippen LogP contribution in [-0.2, 0) is 0 Å². The molecule has 2 aromatic carbocycles. The number of carbonyl (C=O) groups excluding carboxylic acids is 1. The summed E-state index contributed by atoms with van der Waals surface area (Å²) in [7, 11) is 2.05. The summed E-state index contributed by atoms with van der Waals surface area (Å²) in [6, 6.07) is 11.6. The van der Waals surface area contributed by atoms with Gasteiger partial charge in [-0.25, -0.2) is 0 Å². The van der Waals surface area contributed by atoms with Gasteiger partial charge in [0.25, 0.3) is 5.69 Å². The number of rotatable bonds is 5. The van der Waals surface area contributed by atoms with Crippen molar-refractivity contribution < 1.29 is 9.72 Å². The zero-order valence-electron chi connectivity index (χ0n) is 14.4. The third-order valence-electron chi connectivity index (χ3n) is 4.71. The minimum absolute atomic E-state index is 0.0191. The predicted octanol–water partition coefficient (Wildman–Crippen LogP) is 4.52. The molecule has 0 aromatic heterocycles. The Kier molecular flexibility index (Phi) is 5.54. The summed E-state index contributed by atoms with van der Waals surface area (Å²) < 4.78 is 0. The molecular formula is C19H20ClN3O3. The van der Waals surface area contributed by atoms with Crippen molar-refractivity contribution >= 4 is 34.4 Å². The van der Waals surface area contributed by atoms with Gasteiger partial charge in [-0.05, 0) is 57.2 Å². The maximum absolute atomic E-state index is 13.0. The van der Waals surface area contributed by atoms with Gasteiger partial charge in [-0.3, -0.25) is 14.9 Å². The van der Waals surface area contributed by atoms with E-state index >= 15 is 0 Å². The number of piperidine rings is 1. The first kappa shape index (κ1) is 18.4. The van der Waals surface area contributed by atoms with Crippen LogP contribution in [0, 0.1) is 16.0 Å². The zero-order valence-corrected chi connectivity index (χ0v) is 15.2. The molecule has 1 heterocycles. The van der Waals surface area contributed by atoms with Crippen molar-refractivity contribution in [3.05, 3.63) is 63.2 Å². The maximum atomic E-state index is 13.0. The van der Waals surface area contributed by atoms with Crippen molar-refractivity contribution in [2.75, 3.05) is 25.5 Å². The molecule has 3 rings (SSSR count). The van der Waals surface area contributed by atoms with Crippen LogP contribution in [0.4, 0.5) is 17.1 Å². The summed E-state index contributed by atoms with van der Waals surface area (Å²) >= 11 is 5.87. The molecule has 0 saturated carbocycles. The summed E-state index contributed by atoms with van der Waals surface area (Å²) in [6.45, 7) is 1.79. The number of Topliss-reactive ketones (excluding diaryl/α,β-unsaturated/α-hetero) is 1. The number of hydrogen-bond acceptors (Lipinski definition) is 5. The second kappa shape index (κ2) is 7.85. The molecule has 6 nitrogen and oxygen atoms in total. The smallest absolute Gasteiger partial charge is 0.294 e. The number of nitrogens with zero attached hydrogens (tertiary/aromatic N) is 2. The highest BCUT2D eigenvalue weighted by Gasteiger charge is 2.26. The fraction of sp³-hybridized carbons (Fsp3) is 0.316. The van der Waals surface area contributed by atoms with E-state index in [2.05, 4.69) is 17.3 Å². The SMILES string of the molecule is CN1CCC(C(=O)c2ccccc2Nc2ccc(Cl)cc2[N+](=O)[O-])CC1. The first-order chi connectivity index (χ1) is 12.5. The van der Waals surface area contributed by atoms with Gasteiger partial charge in [-0.1, -0.05) is 23.7 Å². The Morgan fingerprint density at radius 2 is 1.88 bits per heavy atom. The van der Waals surface area contributed by atoms with Gasteiger partial charge in [0.2, 0.25) is 0 Å². The maximum Gasteiger partial charge on any atom is 0.294 e. The van der Waals surface area contributed by atoms with Gasteiger partial charge in [0.1, 0.15) is 5.69 Å². The van der Waals surface area contributed by atoms with Crippen LogP contribution in [0.25, 0.3) is 0 Å². The summed E-state index contributed by atoms with van der Waals surface area (Å²) in [5.74, 6) is 0.0622. The van der Waals surface area contributed by atoms with Gasteiger partial charge >= 0.3 is 0 Å². The lowest BCUT2D eigenvalue weighted by molar-refractivity contribution is -0.383. The molecule has 1 fully saturated rings. The van der Waals surface area contributed by atoms with E-state index in [1.54, 1.807) is 30.3 Å². The van der Waals surface area contributed by atoms with Crippen LogP contribution < -0.4 is 5.32 Å². The Morgan fingerprint density at radius 1 is 1.19 bits per heavy atom. The average Bonchev–Trinajstić information content (AvgIpc) is 2.63. The highest BCUT2D eigenvalue weighted by Crippen LogP contribution is 2.33. The van der Waals surface area contributed by atoms with Gasteiger partial charge in [0.15, 0.2) is 5.78 Å². The number of nitrogens with one attached hydrogen (secondary N) is 1. The van der Waals surface area contributed by atoms with E-state index in [-0.39, 0.29) is 22.4 Å². The van der Waals surface area contributed by atoms with Gasteiger partial charge in [-0.2, -0.15) is 0 Å². The highest BCUT2D eigenvalue weighted by molar-refractivity contribution is 6.31. The Bertz CT molecular complexity index is 833. The second-order valence-electron chi connectivity index (χ2n) is 6.53. The van der Waals surface area contributed by atoms with Crippen LogP contribution in [0.5, 0.6) is 0 Å². The van der Waals surface area contributed by atoms with Crippen molar-refractivity contribution in [2.45, 2.75) is 12.8 Å². The Morgan fingerprint density at radius 3 is 2.58 bits per heavy atom. The van der Waals surface area contributed by atoms with Crippen LogP contribution >= 0.6 is 11.6 Å². The van der Waals surface area contributed by atoms with Gasteiger partial charge in [0.05, 0.1) is 4.92 Å². The number of carbonyl (C=O) groups is 1. The highest BCUT2D eigenvalue weighted by atomic mass is 35.5. The van der Waals surface area contributed by atoms with Crippen molar-refractivity contribution in [3.8, 4) is 0 Å². The van der Waals surface area contributed by atoms with Gasteiger partial charge in [-0.15, -0.1) is 0 Å². The Hall–Kier alpha value is -2.44. The number of nitro groups is 1. The standard InChI is InChI=1S/C19H20ClN3O3/c1-22-10-8-13(9-11-22)19(24)15-4-2-3-5-16(15)21-17-7-6-14(20)12-18(17)23(25)26/h2-7,12-13,21H,8-11H2,1H3. The van der Waals surface area contributed by atoms with E-state index in [4.69, 9.17) is 11.6 Å². The zero-order chi connectivity index (χ0) is 18.7. The second-order valence-corrected chi connectivity index (χ2v) is 6.97. The number of para-hydroxylation sites is 1. The Labute approximate surface area is 156 Å². The Balaban J connectivity index is 1.89. The molecule has 1 aliphatic heterocycles. The molecule has 0 amide bonds. The first-order valence-corrected chi connectivity index (χ1v) is 8.86. The summed E-state index contributed by atoms with van der Waals surface area (Å²) in [5, 5.41) is 14.6. The quantitative estimate of drug-likeness (QED) is 0.474. The van der Waals surface area contributed by atoms with Crippen LogP contribution in [0.3, 0.4) is 0 Å². The molecule has 136 valence electrons. The minimum Gasteiger partial charge on any atom is -0.349 e. The summed E-state index contributed by atoms with van der Waals surface area (Å²) in [4.78, 5) is 26.0.